The molecule has 0 atom stereocenters. The summed E-state index contributed by atoms with van der Waals surface area (Å²) in [7, 11) is 0. The highest BCUT2D eigenvalue weighted by Crippen LogP contribution is 2.38. The Morgan fingerprint density at radius 3 is 2.35 bits per heavy atom. The Balaban J connectivity index is 1.66. The SMILES string of the molecule is CCOc1cc(/C=C2\C(=O)NC(=O)N(c3ccc(O)cc3)C2=O)cc(Cl)c1OCc1ccc(Cl)cc1Cl. The highest BCUT2D eigenvalue weighted by Gasteiger charge is 2.37. The Labute approximate surface area is 226 Å². The summed E-state index contributed by atoms with van der Waals surface area (Å²) in [5.74, 6) is -1.22. The molecule has 1 fully saturated rings. The second kappa shape index (κ2) is 11.1. The van der Waals surface area contributed by atoms with Gasteiger partial charge in [0, 0.05) is 15.6 Å². The lowest BCUT2D eigenvalue weighted by Gasteiger charge is -2.26. The van der Waals surface area contributed by atoms with Crippen LogP contribution in [-0.2, 0) is 16.2 Å². The van der Waals surface area contributed by atoms with Crippen LogP contribution in [0.4, 0.5) is 10.5 Å². The van der Waals surface area contributed by atoms with E-state index in [-0.39, 0.29) is 46.7 Å². The Kier molecular flexibility index (Phi) is 7.92. The highest BCUT2D eigenvalue weighted by atomic mass is 35.5. The minimum Gasteiger partial charge on any atom is -0.508 e. The van der Waals surface area contributed by atoms with Crippen LogP contribution in [0, 0.1) is 0 Å². The number of ether oxygens (including phenoxy) is 2. The molecule has 1 aliphatic heterocycles. The van der Waals surface area contributed by atoms with Gasteiger partial charge in [-0.25, -0.2) is 9.69 Å². The van der Waals surface area contributed by atoms with E-state index >= 15 is 0 Å². The second-order valence-corrected chi connectivity index (χ2v) is 9.01. The van der Waals surface area contributed by atoms with Crippen LogP contribution in [-0.4, -0.2) is 29.6 Å². The number of hydrogen-bond donors (Lipinski definition) is 2. The third-order valence-electron chi connectivity index (χ3n) is 5.24. The van der Waals surface area contributed by atoms with Crippen molar-refractivity contribution >= 4 is 64.4 Å². The van der Waals surface area contributed by atoms with Crippen molar-refractivity contribution in [3.8, 4) is 17.2 Å². The molecule has 0 radical (unpaired) electrons. The molecule has 8 nitrogen and oxygen atoms in total. The predicted octanol–water partition coefficient (Wildman–Crippen LogP) is 6.00. The van der Waals surface area contributed by atoms with Crippen molar-refractivity contribution in [2.45, 2.75) is 13.5 Å². The second-order valence-electron chi connectivity index (χ2n) is 7.76. The van der Waals surface area contributed by atoms with E-state index < -0.39 is 17.8 Å². The average Bonchev–Trinajstić information content (AvgIpc) is 2.83. The first-order chi connectivity index (χ1) is 17.7. The Bertz CT molecular complexity index is 1420. The highest BCUT2D eigenvalue weighted by molar-refractivity contribution is 6.39. The molecule has 1 aliphatic rings. The van der Waals surface area contributed by atoms with Crippen molar-refractivity contribution in [1.82, 2.24) is 5.32 Å². The van der Waals surface area contributed by atoms with Gasteiger partial charge in [-0.2, -0.15) is 0 Å². The third kappa shape index (κ3) is 5.83. The van der Waals surface area contributed by atoms with E-state index in [4.69, 9.17) is 44.3 Å². The zero-order chi connectivity index (χ0) is 26.7. The van der Waals surface area contributed by atoms with E-state index in [1.54, 1.807) is 31.2 Å². The van der Waals surface area contributed by atoms with Crippen LogP contribution in [0.25, 0.3) is 6.08 Å². The fourth-order valence-electron chi connectivity index (χ4n) is 3.52. The van der Waals surface area contributed by atoms with Gasteiger partial charge in [0.1, 0.15) is 17.9 Å². The van der Waals surface area contributed by atoms with Gasteiger partial charge in [0.15, 0.2) is 11.5 Å². The van der Waals surface area contributed by atoms with Crippen LogP contribution in [0.2, 0.25) is 15.1 Å². The molecule has 37 heavy (non-hydrogen) atoms. The zero-order valence-corrected chi connectivity index (χ0v) is 21.5. The van der Waals surface area contributed by atoms with E-state index in [0.717, 1.165) is 4.90 Å². The van der Waals surface area contributed by atoms with E-state index in [1.807, 2.05) is 0 Å². The van der Waals surface area contributed by atoms with Crippen molar-refractivity contribution in [2.24, 2.45) is 0 Å². The molecule has 3 aromatic rings. The molecule has 11 heteroatoms. The minimum absolute atomic E-state index is 0.0424. The monoisotopic (exact) mass is 560 g/mol. The van der Waals surface area contributed by atoms with Gasteiger partial charge in [-0.15, -0.1) is 0 Å². The molecule has 0 unspecified atom stereocenters. The standard InChI is InChI=1S/C26H19Cl3N2O6/c1-2-36-22-11-14(10-21(29)23(22)37-13-15-3-4-16(27)12-20(15)28)9-19-24(33)30-26(35)31(25(19)34)17-5-7-18(32)8-6-17/h3-12,32H,2,13H2,1H3,(H,30,33,35)/b19-9+. The quantitative estimate of drug-likeness (QED) is 0.271. The molecule has 0 aliphatic carbocycles. The topological polar surface area (TPSA) is 105 Å². The Hall–Kier alpha value is -3.72. The first-order valence-electron chi connectivity index (χ1n) is 10.9. The number of carbonyl (C=O) groups excluding carboxylic acids is 3. The van der Waals surface area contributed by atoms with Gasteiger partial charge in [-0.3, -0.25) is 14.9 Å². The Morgan fingerprint density at radius 1 is 0.946 bits per heavy atom. The predicted molar refractivity (Wildman–Crippen MR) is 141 cm³/mol. The van der Waals surface area contributed by atoms with Crippen molar-refractivity contribution in [3.05, 3.63) is 86.4 Å². The fraction of sp³-hybridized carbons (Fsp3) is 0.115. The van der Waals surface area contributed by atoms with Crippen LogP contribution in [0.5, 0.6) is 17.2 Å². The zero-order valence-electron chi connectivity index (χ0n) is 19.3. The number of hydrogen-bond acceptors (Lipinski definition) is 6. The molecule has 3 aromatic carbocycles. The number of urea groups is 1. The lowest BCUT2D eigenvalue weighted by Crippen LogP contribution is -2.54. The van der Waals surface area contributed by atoms with Gasteiger partial charge in [-0.05, 0) is 67.1 Å². The number of nitrogens with zero attached hydrogens (tertiary/aromatic N) is 1. The number of barbiturate groups is 1. The third-order valence-corrected chi connectivity index (χ3v) is 6.11. The van der Waals surface area contributed by atoms with Crippen LogP contribution >= 0.6 is 34.8 Å². The Morgan fingerprint density at radius 2 is 1.68 bits per heavy atom. The molecular formula is C26H19Cl3N2O6. The lowest BCUT2D eigenvalue weighted by molar-refractivity contribution is -0.122. The van der Waals surface area contributed by atoms with Crippen LogP contribution in [0.1, 0.15) is 18.1 Å². The molecule has 0 aromatic heterocycles. The number of aromatic hydroxyl groups is 1. The first kappa shape index (κ1) is 26.3. The maximum atomic E-state index is 13.1. The maximum Gasteiger partial charge on any atom is 0.335 e. The molecular weight excluding hydrogens is 543 g/mol. The molecule has 1 saturated heterocycles. The molecule has 0 saturated carbocycles. The first-order valence-corrected chi connectivity index (χ1v) is 12.0. The largest absolute Gasteiger partial charge is 0.508 e. The van der Waals surface area contributed by atoms with Gasteiger partial charge in [0.25, 0.3) is 11.8 Å². The van der Waals surface area contributed by atoms with Gasteiger partial charge >= 0.3 is 6.03 Å². The summed E-state index contributed by atoms with van der Waals surface area (Å²) < 4.78 is 11.6. The maximum absolute atomic E-state index is 13.1. The van der Waals surface area contributed by atoms with E-state index in [1.165, 1.54) is 36.4 Å². The number of phenols is 1. The van der Waals surface area contributed by atoms with Crippen molar-refractivity contribution in [2.75, 3.05) is 11.5 Å². The molecule has 4 rings (SSSR count). The molecule has 0 spiro atoms. The summed E-state index contributed by atoms with van der Waals surface area (Å²) in [6, 6.07) is 12.6. The van der Waals surface area contributed by atoms with E-state index in [9.17, 15) is 19.5 Å². The average molecular weight is 562 g/mol. The summed E-state index contributed by atoms with van der Waals surface area (Å²) in [5.41, 5.74) is 0.923. The van der Waals surface area contributed by atoms with E-state index in [0.29, 0.717) is 21.2 Å². The fourth-order valence-corrected chi connectivity index (χ4v) is 4.26. The number of nitrogens with one attached hydrogen (secondary N) is 1. The van der Waals surface area contributed by atoms with Gasteiger partial charge in [0.05, 0.1) is 17.3 Å². The normalized spacial score (nSPS) is 14.6. The number of halogens is 3. The van der Waals surface area contributed by atoms with Crippen LogP contribution < -0.4 is 19.7 Å². The number of amides is 4. The number of phenolic OH excluding ortho intramolecular Hbond substituents is 1. The van der Waals surface area contributed by atoms with Gasteiger partial charge in [-0.1, -0.05) is 40.9 Å². The van der Waals surface area contributed by atoms with Crippen molar-refractivity contribution in [3.63, 3.8) is 0 Å². The summed E-state index contributed by atoms with van der Waals surface area (Å²) in [6.45, 7) is 2.15. The number of imide groups is 2. The van der Waals surface area contributed by atoms with Crippen LogP contribution in [0.3, 0.4) is 0 Å². The summed E-state index contributed by atoms with van der Waals surface area (Å²) in [4.78, 5) is 38.8. The van der Waals surface area contributed by atoms with Crippen molar-refractivity contribution in [1.29, 1.82) is 0 Å². The van der Waals surface area contributed by atoms with Gasteiger partial charge < -0.3 is 14.6 Å². The van der Waals surface area contributed by atoms with Crippen LogP contribution in [0.15, 0.2) is 60.2 Å². The summed E-state index contributed by atoms with van der Waals surface area (Å²) >= 11 is 18.7. The molecule has 2 N–H and O–H groups in total. The smallest absolute Gasteiger partial charge is 0.335 e. The molecule has 1 heterocycles. The molecule has 190 valence electrons. The number of rotatable bonds is 7. The number of carbonyl (C=O) groups is 3. The molecule has 4 amide bonds. The summed E-state index contributed by atoms with van der Waals surface area (Å²) in [6.07, 6.45) is 1.30. The lowest BCUT2D eigenvalue weighted by atomic mass is 10.1. The number of anilines is 1. The minimum atomic E-state index is -0.907. The van der Waals surface area contributed by atoms with Gasteiger partial charge in [0.2, 0.25) is 0 Å². The van der Waals surface area contributed by atoms with Crippen molar-refractivity contribution < 1.29 is 29.0 Å². The van der Waals surface area contributed by atoms with E-state index in [2.05, 4.69) is 5.32 Å². The molecule has 0 bridgehead atoms. The summed E-state index contributed by atoms with van der Waals surface area (Å²) in [5, 5.41) is 12.7. The number of benzene rings is 3.